The molecule has 43 heavy (non-hydrogen) atoms. The molecule has 0 saturated carbocycles. The van der Waals surface area contributed by atoms with Gasteiger partial charge in [-0.3, -0.25) is 9.59 Å². The Labute approximate surface area is 256 Å². The van der Waals surface area contributed by atoms with E-state index in [0.717, 1.165) is 27.8 Å². The Hall–Kier alpha value is -4.04. The molecule has 0 radical (unpaired) electrons. The van der Waals surface area contributed by atoms with Crippen LogP contribution in [0.4, 0.5) is 4.79 Å². The van der Waals surface area contributed by atoms with Gasteiger partial charge in [0.25, 0.3) is 0 Å². The summed E-state index contributed by atoms with van der Waals surface area (Å²) in [4.78, 5) is 44.4. The summed E-state index contributed by atoms with van der Waals surface area (Å²) in [6.45, 7) is 0.150. The minimum absolute atomic E-state index is 0.0643. The molecule has 13 heteroatoms. The quantitative estimate of drug-likeness (QED) is 0.119. The van der Waals surface area contributed by atoms with Crippen molar-refractivity contribution >= 4 is 45.6 Å². The predicted molar refractivity (Wildman–Crippen MR) is 166 cm³/mol. The smallest absolute Gasteiger partial charge is 0.407 e. The van der Waals surface area contributed by atoms with Crippen molar-refractivity contribution in [2.24, 2.45) is 11.5 Å². The summed E-state index contributed by atoms with van der Waals surface area (Å²) in [5.41, 5.74) is 15.8. The van der Waals surface area contributed by atoms with Gasteiger partial charge < -0.3 is 36.8 Å². The molecule has 3 unspecified atom stereocenters. The molecule has 3 atom stereocenters. The highest BCUT2D eigenvalue weighted by molar-refractivity contribution is 8.76. The van der Waals surface area contributed by atoms with Crippen molar-refractivity contribution in [3.05, 3.63) is 95.6 Å². The van der Waals surface area contributed by atoms with E-state index in [1.165, 1.54) is 21.6 Å². The standard InChI is InChI=1S/C24H21NO4.C6H12N2O4S2/c26-23(27)22(14-16-8-2-1-3-9-16)25-24(28)29-15-21-19-12-6-4-10-17(19)18-11-5-7-13-20(18)21;7-3(5(9)10)1-13-14-2-4(8)6(11)12/h1-13,21-22H,14-15H2,(H,25,28)(H,26,27);3-4H,1-2,7-8H2,(H,9,10)(H,11,12). The Bertz CT molecular complexity index is 1340. The van der Waals surface area contributed by atoms with Crippen molar-refractivity contribution in [1.29, 1.82) is 0 Å². The van der Waals surface area contributed by atoms with Crippen molar-refractivity contribution in [2.75, 3.05) is 18.1 Å². The largest absolute Gasteiger partial charge is 0.480 e. The topological polar surface area (TPSA) is 202 Å². The summed E-state index contributed by atoms with van der Waals surface area (Å²) in [7, 11) is 2.41. The molecule has 1 amide bonds. The predicted octanol–water partition coefficient (Wildman–Crippen LogP) is 3.41. The maximum atomic E-state index is 12.3. The maximum absolute atomic E-state index is 12.3. The first-order valence-electron chi connectivity index (χ1n) is 13.2. The lowest BCUT2D eigenvalue weighted by molar-refractivity contribution is -0.139. The van der Waals surface area contributed by atoms with Crippen LogP contribution in [-0.2, 0) is 25.5 Å². The van der Waals surface area contributed by atoms with E-state index in [2.05, 4.69) is 17.4 Å². The van der Waals surface area contributed by atoms with Crippen LogP contribution in [0.3, 0.4) is 0 Å². The second-order valence-corrected chi connectivity index (χ2v) is 12.1. The van der Waals surface area contributed by atoms with E-state index in [-0.39, 0.29) is 30.5 Å². The van der Waals surface area contributed by atoms with Gasteiger partial charge in [0.15, 0.2) is 0 Å². The number of benzene rings is 3. The number of carboxylic acids is 3. The van der Waals surface area contributed by atoms with Crippen LogP contribution in [0.15, 0.2) is 78.9 Å². The number of nitrogens with one attached hydrogen (secondary N) is 1. The lowest BCUT2D eigenvalue weighted by atomic mass is 9.98. The van der Waals surface area contributed by atoms with Gasteiger partial charge in [-0.05, 0) is 27.8 Å². The summed E-state index contributed by atoms with van der Waals surface area (Å²) in [5.74, 6) is -2.84. The lowest BCUT2D eigenvalue weighted by Gasteiger charge is -2.17. The number of carbonyl (C=O) groups is 4. The fraction of sp³-hybridized carbons (Fsp3) is 0.267. The van der Waals surface area contributed by atoms with Gasteiger partial charge in [0, 0.05) is 23.8 Å². The van der Waals surface area contributed by atoms with Crippen molar-refractivity contribution < 1.29 is 39.2 Å². The molecular formula is C30H33N3O8S2. The minimum Gasteiger partial charge on any atom is -0.480 e. The third-order valence-electron chi connectivity index (χ3n) is 6.43. The fourth-order valence-corrected chi connectivity index (χ4v) is 6.45. The average molecular weight is 628 g/mol. The SMILES string of the molecule is NC(CSSCC(N)C(=O)O)C(=O)O.O=C(NC(Cc1ccccc1)C(=O)O)OCC1c2ccccc2-c2ccccc21. The molecule has 3 aromatic rings. The number of alkyl carbamates (subject to hydrolysis) is 1. The molecule has 0 heterocycles. The van der Waals surface area contributed by atoms with E-state index in [1.54, 1.807) is 0 Å². The number of ether oxygens (including phenoxy) is 1. The molecule has 4 rings (SSSR count). The third-order valence-corrected chi connectivity index (χ3v) is 8.90. The third kappa shape index (κ3) is 10.0. The number of hydrogen-bond donors (Lipinski definition) is 6. The first-order chi connectivity index (χ1) is 20.6. The van der Waals surface area contributed by atoms with Gasteiger partial charge in [0.2, 0.25) is 0 Å². The monoisotopic (exact) mass is 627 g/mol. The van der Waals surface area contributed by atoms with E-state index in [1.807, 2.05) is 66.7 Å². The Balaban J connectivity index is 0.000000308. The number of nitrogens with two attached hydrogens (primary N) is 2. The van der Waals surface area contributed by atoms with Gasteiger partial charge >= 0.3 is 24.0 Å². The van der Waals surface area contributed by atoms with Gasteiger partial charge in [-0.25, -0.2) is 9.59 Å². The second-order valence-electron chi connectivity index (χ2n) is 9.51. The van der Waals surface area contributed by atoms with Gasteiger partial charge in [-0.2, -0.15) is 0 Å². The molecule has 0 saturated heterocycles. The molecule has 0 spiro atoms. The number of fused-ring (bicyclic) bond motifs is 3. The summed E-state index contributed by atoms with van der Waals surface area (Å²) < 4.78 is 5.44. The molecular weight excluding hydrogens is 594 g/mol. The van der Waals surface area contributed by atoms with Crippen LogP contribution in [0, 0.1) is 0 Å². The maximum Gasteiger partial charge on any atom is 0.407 e. The fourth-order valence-electron chi connectivity index (χ4n) is 4.22. The van der Waals surface area contributed by atoms with Gasteiger partial charge in [0.1, 0.15) is 24.7 Å². The van der Waals surface area contributed by atoms with Crippen molar-refractivity contribution in [3.63, 3.8) is 0 Å². The second kappa shape index (κ2) is 16.6. The van der Waals surface area contributed by atoms with Crippen molar-refractivity contribution in [1.82, 2.24) is 5.32 Å². The molecule has 1 aliphatic carbocycles. The Morgan fingerprint density at radius 3 is 1.65 bits per heavy atom. The van der Waals surface area contributed by atoms with E-state index in [4.69, 9.17) is 26.4 Å². The zero-order valence-corrected chi connectivity index (χ0v) is 24.6. The van der Waals surface area contributed by atoms with E-state index >= 15 is 0 Å². The number of aliphatic carboxylic acids is 3. The van der Waals surface area contributed by atoms with Crippen LogP contribution in [0.2, 0.25) is 0 Å². The number of amides is 1. The zero-order chi connectivity index (χ0) is 31.4. The summed E-state index contributed by atoms with van der Waals surface area (Å²) in [6.07, 6.45) is -0.532. The van der Waals surface area contributed by atoms with E-state index in [0.29, 0.717) is 0 Å². The molecule has 1 aliphatic rings. The first kappa shape index (κ1) is 33.5. The highest BCUT2D eigenvalue weighted by Gasteiger charge is 2.29. The summed E-state index contributed by atoms with van der Waals surface area (Å²) in [6, 6.07) is 22.4. The average Bonchev–Trinajstić information content (AvgIpc) is 3.32. The van der Waals surface area contributed by atoms with E-state index in [9.17, 15) is 24.3 Å². The van der Waals surface area contributed by atoms with Crippen LogP contribution in [0.5, 0.6) is 0 Å². The summed E-state index contributed by atoms with van der Waals surface area (Å²) >= 11 is 0. The van der Waals surface area contributed by atoms with Crippen LogP contribution in [0.25, 0.3) is 11.1 Å². The summed E-state index contributed by atoms with van der Waals surface area (Å²) in [5, 5.41) is 28.8. The van der Waals surface area contributed by atoms with Crippen molar-refractivity contribution in [2.45, 2.75) is 30.5 Å². The van der Waals surface area contributed by atoms with Crippen LogP contribution < -0.4 is 16.8 Å². The molecule has 8 N–H and O–H groups in total. The van der Waals surface area contributed by atoms with Crippen LogP contribution >= 0.6 is 21.6 Å². The Kier molecular flexibility index (Phi) is 12.9. The molecule has 0 aliphatic heterocycles. The lowest BCUT2D eigenvalue weighted by Crippen LogP contribution is -2.42. The minimum atomic E-state index is -1.10. The molecule has 0 aromatic heterocycles. The highest BCUT2D eigenvalue weighted by Crippen LogP contribution is 2.44. The zero-order valence-electron chi connectivity index (χ0n) is 23.0. The first-order valence-corrected chi connectivity index (χ1v) is 15.7. The van der Waals surface area contributed by atoms with Gasteiger partial charge in [-0.1, -0.05) is 100 Å². The number of hydrogen-bond acceptors (Lipinski definition) is 9. The number of rotatable bonds is 13. The molecule has 3 aromatic carbocycles. The normalized spacial score (nSPS) is 13.7. The van der Waals surface area contributed by atoms with Crippen LogP contribution in [0.1, 0.15) is 22.6 Å². The number of carboxylic acid groups (broad SMARTS) is 3. The molecule has 228 valence electrons. The van der Waals surface area contributed by atoms with E-state index < -0.39 is 42.1 Å². The van der Waals surface area contributed by atoms with Gasteiger partial charge in [0.05, 0.1) is 0 Å². The van der Waals surface area contributed by atoms with Crippen molar-refractivity contribution in [3.8, 4) is 11.1 Å². The van der Waals surface area contributed by atoms with Crippen LogP contribution in [-0.4, -0.2) is 75.6 Å². The van der Waals surface area contributed by atoms with Gasteiger partial charge in [-0.15, -0.1) is 0 Å². The molecule has 11 nitrogen and oxygen atoms in total. The molecule has 0 fully saturated rings. The Morgan fingerprint density at radius 2 is 1.19 bits per heavy atom. The molecule has 0 bridgehead atoms. The highest BCUT2D eigenvalue weighted by atomic mass is 33.1. The number of carbonyl (C=O) groups excluding carboxylic acids is 1. The Morgan fingerprint density at radius 1 is 0.721 bits per heavy atom.